The maximum Gasteiger partial charge on any atom is 0.253 e. The van der Waals surface area contributed by atoms with Gasteiger partial charge in [-0.3, -0.25) is 9.79 Å². The number of pyridine rings is 1. The predicted molar refractivity (Wildman–Crippen MR) is 143 cm³/mol. The number of carbonyl (C=O) groups excluding carboxylic acids is 1. The zero-order valence-corrected chi connectivity index (χ0v) is 21.7. The monoisotopic (exact) mass is 543 g/mol. The number of carbonyl (C=O) groups is 1. The van der Waals surface area contributed by atoms with Crippen molar-refractivity contribution < 1.29 is 13.2 Å². The van der Waals surface area contributed by atoms with Gasteiger partial charge in [-0.15, -0.1) is 0 Å². The number of piperazine rings is 1. The number of nitrogens with zero attached hydrogens (tertiary/aromatic N) is 4. The number of benzodiazepines with no additional fused rings is 1. The van der Waals surface area contributed by atoms with Crippen molar-refractivity contribution in [3.63, 3.8) is 0 Å². The van der Waals surface area contributed by atoms with Crippen molar-refractivity contribution in [1.29, 1.82) is 0 Å². The Morgan fingerprint density at radius 1 is 1.00 bits per heavy atom. The molecule has 2 aliphatic heterocycles. The van der Waals surface area contributed by atoms with Crippen LogP contribution in [-0.4, -0.2) is 61.8 Å². The first-order valence-electron chi connectivity index (χ1n) is 11.3. The molecule has 1 unspecified atom stereocenters. The molecular weight excluding hydrogens is 521 g/mol. The van der Waals surface area contributed by atoms with E-state index in [1.165, 1.54) is 10.6 Å². The molecule has 0 aliphatic carbocycles. The number of sulfonamides is 1. The number of aliphatic imine (C=N–C) groups is 1. The van der Waals surface area contributed by atoms with Crippen molar-refractivity contribution in [2.24, 2.45) is 4.99 Å². The van der Waals surface area contributed by atoms with Crippen LogP contribution in [0.15, 0.2) is 65.8 Å². The average Bonchev–Trinajstić information content (AvgIpc) is 3.00. The van der Waals surface area contributed by atoms with E-state index < -0.39 is 16.1 Å². The number of nitrogens with one attached hydrogen (secondary N) is 1. The highest BCUT2D eigenvalue weighted by Crippen LogP contribution is 2.34. The van der Waals surface area contributed by atoms with Crippen LogP contribution < -0.4 is 10.2 Å². The van der Waals surface area contributed by atoms with Crippen molar-refractivity contribution in [1.82, 2.24) is 9.29 Å². The van der Waals surface area contributed by atoms with E-state index in [1.54, 1.807) is 42.6 Å². The molecule has 1 N–H and O–H groups in total. The fourth-order valence-corrected chi connectivity index (χ4v) is 5.62. The number of hydrogen-bond acceptors (Lipinski definition) is 6. The van der Waals surface area contributed by atoms with E-state index in [0.717, 1.165) is 5.82 Å². The zero-order valence-electron chi connectivity index (χ0n) is 19.4. The lowest BCUT2D eigenvalue weighted by atomic mass is 10.0. The minimum Gasteiger partial charge on any atom is -0.354 e. The molecule has 0 spiro atoms. The van der Waals surface area contributed by atoms with E-state index in [9.17, 15) is 13.2 Å². The number of benzene rings is 2. The van der Waals surface area contributed by atoms with E-state index in [0.29, 0.717) is 64.3 Å². The van der Waals surface area contributed by atoms with Crippen LogP contribution in [0.5, 0.6) is 0 Å². The zero-order chi connectivity index (χ0) is 25.4. The van der Waals surface area contributed by atoms with E-state index in [-0.39, 0.29) is 5.91 Å². The van der Waals surface area contributed by atoms with Gasteiger partial charge < -0.3 is 10.2 Å². The Morgan fingerprint density at radius 2 is 1.75 bits per heavy atom. The molecule has 0 radical (unpaired) electrons. The van der Waals surface area contributed by atoms with Gasteiger partial charge in [0.25, 0.3) is 5.91 Å². The quantitative estimate of drug-likeness (QED) is 0.536. The lowest BCUT2D eigenvalue weighted by molar-refractivity contribution is -0.117. The second kappa shape index (κ2) is 9.82. The molecule has 1 fully saturated rings. The summed E-state index contributed by atoms with van der Waals surface area (Å²) in [7, 11) is -3.21. The van der Waals surface area contributed by atoms with Crippen molar-refractivity contribution in [3.05, 3.63) is 87.5 Å². The maximum absolute atomic E-state index is 13.2. The molecule has 3 aromatic rings. The second-order valence-electron chi connectivity index (χ2n) is 8.64. The topological polar surface area (TPSA) is 95.0 Å². The molecule has 0 bridgehead atoms. The van der Waals surface area contributed by atoms with Crippen molar-refractivity contribution >= 4 is 56.3 Å². The Labute approximate surface area is 219 Å². The highest BCUT2D eigenvalue weighted by atomic mass is 35.5. The number of amides is 1. The van der Waals surface area contributed by atoms with Crippen LogP contribution >= 0.6 is 23.2 Å². The van der Waals surface area contributed by atoms with Crippen molar-refractivity contribution in [2.75, 3.05) is 42.7 Å². The van der Waals surface area contributed by atoms with Crippen LogP contribution in [-0.2, 0) is 14.8 Å². The van der Waals surface area contributed by atoms with Crippen LogP contribution in [0.4, 0.5) is 11.5 Å². The highest BCUT2D eigenvalue weighted by Gasteiger charge is 2.29. The molecule has 11 heteroatoms. The van der Waals surface area contributed by atoms with E-state index in [1.807, 2.05) is 23.1 Å². The molecule has 2 aromatic carbocycles. The first-order valence-corrected chi connectivity index (χ1v) is 13.9. The fourth-order valence-electron chi connectivity index (χ4n) is 4.38. The number of rotatable bonds is 4. The summed E-state index contributed by atoms with van der Waals surface area (Å²) in [5.74, 6) is 0.444. The van der Waals surface area contributed by atoms with Gasteiger partial charge in [0.15, 0.2) is 6.04 Å². The lowest BCUT2D eigenvalue weighted by Gasteiger charge is -2.34. The molecular formula is C25H23Cl2N5O3S. The summed E-state index contributed by atoms with van der Waals surface area (Å²) >= 11 is 12.7. The molecule has 36 heavy (non-hydrogen) atoms. The summed E-state index contributed by atoms with van der Waals surface area (Å²) in [6.45, 7) is 1.92. The molecule has 1 aromatic heterocycles. The first kappa shape index (κ1) is 24.7. The molecule has 1 amide bonds. The third-order valence-electron chi connectivity index (χ3n) is 6.25. The van der Waals surface area contributed by atoms with Crippen LogP contribution in [0.1, 0.15) is 22.7 Å². The van der Waals surface area contributed by atoms with E-state index >= 15 is 0 Å². The molecule has 3 heterocycles. The predicted octanol–water partition coefficient (Wildman–Crippen LogP) is 4.00. The Hall–Kier alpha value is -2.98. The highest BCUT2D eigenvalue weighted by molar-refractivity contribution is 7.88. The third kappa shape index (κ3) is 4.97. The van der Waals surface area contributed by atoms with Gasteiger partial charge in [0, 0.05) is 59.1 Å². The Morgan fingerprint density at radius 3 is 2.42 bits per heavy atom. The molecule has 1 atom stereocenters. The maximum atomic E-state index is 13.2. The van der Waals surface area contributed by atoms with Crippen molar-refractivity contribution in [3.8, 4) is 0 Å². The summed E-state index contributed by atoms with van der Waals surface area (Å²) in [6.07, 6.45) is 2.93. The van der Waals surface area contributed by atoms with Gasteiger partial charge in [-0.2, -0.15) is 4.31 Å². The number of aromatic nitrogens is 1. The Bertz CT molecular complexity index is 1450. The van der Waals surface area contributed by atoms with Gasteiger partial charge >= 0.3 is 0 Å². The minimum atomic E-state index is -3.21. The number of anilines is 2. The van der Waals surface area contributed by atoms with Gasteiger partial charge in [-0.05, 0) is 36.4 Å². The third-order valence-corrected chi connectivity index (χ3v) is 8.14. The fraction of sp³-hybridized carbons (Fsp3) is 0.240. The molecule has 1 saturated heterocycles. The number of hydrogen-bond donors (Lipinski definition) is 1. The smallest absolute Gasteiger partial charge is 0.253 e. The van der Waals surface area contributed by atoms with Gasteiger partial charge in [0.05, 0.1) is 17.7 Å². The molecule has 2 aliphatic rings. The molecule has 186 valence electrons. The summed E-state index contributed by atoms with van der Waals surface area (Å²) < 4.78 is 25.1. The van der Waals surface area contributed by atoms with Crippen LogP contribution in [0, 0.1) is 0 Å². The Balaban J connectivity index is 1.51. The normalized spacial score (nSPS) is 18.8. The summed E-state index contributed by atoms with van der Waals surface area (Å²) in [4.78, 5) is 24.7. The van der Waals surface area contributed by atoms with Crippen LogP contribution in [0.2, 0.25) is 10.0 Å². The number of fused-ring (bicyclic) bond motifs is 1. The lowest BCUT2D eigenvalue weighted by Crippen LogP contribution is -2.48. The average molecular weight is 544 g/mol. The summed E-state index contributed by atoms with van der Waals surface area (Å²) in [6, 6.07) is 15.3. The first-order chi connectivity index (χ1) is 17.2. The van der Waals surface area contributed by atoms with Crippen LogP contribution in [0.3, 0.4) is 0 Å². The van der Waals surface area contributed by atoms with E-state index in [4.69, 9.17) is 28.2 Å². The molecule has 8 nitrogen and oxygen atoms in total. The minimum absolute atomic E-state index is 0.296. The van der Waals surface area contributed by atoms with Gasteiger partial charge in [0.1, 0.15) is 5.82 Å². The van der Waals surface area contributed by atoms with Gasteiger partial charge in [-0.1, -0.05) is 41.4 Å². The van der Waals surface area contributed by atoms with Gasteiger partial charge in [-0.25, -0.2) is 13.4 Å². The second-order valence-corrected chi connectivity index (χ2v) is 11.5. The van der Waals surface area contributed by atoms with E-state index in [2.05, 4.69) is 10.3 Å². The van der Waals surface area contributed by atoms with Gasteiger partial charge in [0.2, 0.25) is 10.0 Å². The summed E-state index contributed by atoms with van der Waals surface area (Å²) in [5.41, 5.74) is 3.16. The van der Waals surface area contributed by atoms with Crippen molar-refractivity contribution in [2.45, 2.75) is 6.04 Å². The molecule has 5 rings (SSSR count). The summed E-state index contributed by atoms with van der Waals surface area (Å²) in [5, 5.41) is 3.92. The largest absolute Gasteiger partial charge is 0.354 e. The standard InChI is InChI=1S/C25H23Cl2N5O3S/c1-36(34,35)32-12-10-31(11-13-32)22-9-6-16(15-28-22)23-19-14-17(26)7-8-21(19)29-25(33)24(30-23)18-4-2-3-5-20(18)27/h2-9,14-15,24H,10-13H2,1H3,(H,29,33). The SMILES string of the molecule is CS(=O)(=O)N1CCN(c2ccc(C3=NC(c4ccccc4Cl)C(=O)Nc4ccc(Cl)cc43)cn2)CC1. The Kier molecular flexibility index (Phi) is 6.74. The number of halogens is 2. The van der Waals surface area contributed by atoms with Crippen LogP contribution in [0.25, 0.3) is 0 Å². The molecule has 0 saturated carbocycles.